The van der Waals surface area contributed by atoms with Crippen molar-refractivity contribution in [3.8, 4) is 11.5 Å². The lowest BCUT2D eigenvalue weighted by Crippen LogP contribution is -2.72. The maximum absolute atomic E-state index is 14.7. The number of anilines is 1. The molecule has 1 fully saturated rings. The quantitative estimate of drug-likeness (QED) is 0.192. The van der Waals surface area contributed by atoms with E-state index in [0.717, 1.165) is 0 Å². The number of rotatable bonds is 6. The first-order valence-corrected chi connectivity index (χ1v) is 20.6. The van der Waals surface area contributed by atoms with Gasteiger partial charge in [0.2, 0.25) is 9.84 Å². The summed E-state index contributed by atoms with van der Waals surface area (Å²) in [6, 6.07) is 22.3. The van der Waals surface area contributed by atoms with Crippen molar-refractivity contribution >= 4 is 46.6 Å². The van der Waals surface area contributed by atoms with Gasteiger partial charge in [-0.25, -0.2) is 13.2 Å². The SMILES string of the molecule is C=C1C2C=CC(O[Si](C)(C)C(C)(C)C)(SC2)C12C=C(S(=O)(=O)c1ccccc1)c1cc(OC)ccc1N2C(=O)Oc1ccccc1. The highest BCUT2D eigenvalue weighted by atomic mass is 32.2. The molecule has 0 saturated carbocycles. The van der Waals surface area contributed by atoms with Crippen LogP contribution in [-0.4, -0.2) is 46.2 Å². The lowest BCUT2D eigenvalue weighted by Gasteiger charge is -2.62. The van der Waals surface area contributed by atoms with Gasteiger partial charge in [-0.05, 0) is 78.3 Å². The molecule has 1 aliphatic carbocycles. The van der Waals surface area contributed by atoms with Crippen molar-refractivity contribution < 1.29 is 27.1 Å². The molecule has 3 aromatic carbocycles. The third kappa shape index (κ3) is 4.97. The zero-order valence-electron chi connectivity index (χ0n) is 26.9. The molecule has 0 aromatic heterocycles. The third-order valence-electron chi connectivity index (χ3n) is 9.58. The summed E-state index contributed by atoms with van der Waals surface area (Å²) in [5.74, 6) is 1.35. The second-order valence-electron chi connectivity index (χ2n) is 13.3. The molecule has 240 valence electrons. The number of allylic oxidation sites excluding steroid dienone is 1. The molecular weight excluding hydrogens is 635 g/mol. The molecule has 10 heteroatoms. The average molecular weight is 674 g/mol. The molecule has 0 radical (unpaired) electrons. The fourth-order valence-corrected chi connectivity index (χ4v) is 11.2. The second kappa shape index (κ2) is 11.3. The van der Waals surface area contributed by atoms with Gasteiger partial charge in [-0.2, -0.15) is 0 Å². The highest BCUT2D eigenvalue weighted by Crippen LogP contribution is 2.63. The predicted octanol–water partition coefficient (Wildman–Crippen LogP) is 8.47. The molecule has 7 rings (SSSR count). The van der Waals surface area contributed by atoms with Crippen LogP contribution in [0, 0.1) is 5.92 Å². The van der Waals surface area contributed by atoms with Crippen LogP contribution < -0.4 is 14.4 Å². The van der Waals surface area contributed by atoms with Crippen LogP contribution in [0.2, 0.25) is 18.1 Å². The number of hydrogen-bond acceptors (Lipinski definition) is 7. The zero-order valence-corrected chi connectivity index (χ0v) is 29.6. The third-order valence-corrected chi connectivity index (χ3v) is 17.5. The predicted molar refractivity (Wildman–Crippen MR) is 188 cm³/mol. The highest BCUT2D eigenvalue weighted by molar-refractivity contribution is 8.01. The standard InChI is InChI=1S/C36H39NO6S2Si/c1-25-26-20-21-36(44-24-26,43-46(6,7)34(2,3)4)35(25)23-32(45(39,40)29-16-12-9-13-17-29)30-22-28(41-5)18-19-31(30)37(35)33(38)42-27-14-10-8-11-15-27/h8-23,26H,1,24H2,2-7H3. The summed E-state index contributed by atoms with van der Waals surface area (Å²) in [5, 5.41) is -0.190. The van der Waals surface area contributed by atoms with Crippen LogP contribution >= 0.6 is 11.8 Å². The summed E-state index contributed by atoms with van der Waals surface area (Å²) in [6.45, 7) is 15.4. The molecule has 1 spiro atoms. The summed E-state index contributed by atoms with van der Waals surface area (Å²) in [4.78, 5) is 15.2. The minimum atomic E-state index is -4.11. The van der Waals surface area contributed by atoms with Crippen molar-refractivity contribution in [3.63, 3.8) is 0 Å². The van der Waals surface area contributed by atoms with Gasteiger partial charge in [-0.3, -0.25) is 4.90 Å². The number of ether oxygens (including phenoxy) is 2. The van der Waals surface area contributed by atoms with E-state index < -0.39 is 34.7 Å². The fraction of sp³-hybridized carbons (Fsp3) is 0.306. The van der Waals surface area contributed by atoms with Crippen LogP contribution in [0.15, 0.2) is 114 Å². The molecule has 3 atom stereocenters. The normalized spacial score (nSPS) is 24.0. The maximum atomic E-state index is 14.7. The van der Waals surface area contributed by atoms with E-state index in [1.807, 2.05) is 12.1 Å². The van der Waals surface area contributed by atoms with Gasteiger partial charge in [-0.1, -0.05) is 69.8 Å². The highest BCUT2D eigenvalue weighted by Gasteiger charge is 2.67. The molecular formula is C36H39NO6S2Si. The summed E-state index contributed by atoms with van der Waals surface area (Å²) in [7, 11) is -5.16. The zero-order chi connectivity index (χ0) is 33.1. The molecule has 4 aliphatic rings. The Kier molecular flexibility index (Phi) is 7.95. The molecule has 7 nitrogen and oxygen atoms in total. The molecule has 3 aromatic rings. The van der Waals surface area contributed by atoms with Gasteiger partial charge in [0.25, 0.3) is 0 Å². The largest absolute Gasteiger partial charge is 0.497 e. The van der Waals surface area contributed by atoms with Crippen molar-refractivity contribution in [1.82, 2.24) is 0 Å². The lowest BCUT2D eigenvalue weighted by molar-refractivity contribution is 0.119. The number of thioether (sulfide) groups is 1. The minimum Gasteiger partial charge on any atom is -0.497 e. The monoisotopic (exact) mass is 673 g/mol. The number of carbonyl (C=O) groups excluding carboxylic acids is 1. The summed E-state index contributed by atoms with van der Waals surface area (Å²) in [6.07, 6.45) is 5.12. The Morgan fingerprint density at radius 2 is 1.65 bits per heavy atom. The smallest absolute Gasteiger partial charge is 0.420 e. The van der Waals surface area contributed by atoms with Crippen molar-refractivity contribution in [3.05, 3.63) is 115 Å². The number of para-hydroxylation sites is 1. The number of hydrogen-bond donors (Lipinski definition) is 0. The first-order valence-electron chi connectivity index (χ1n) is 15.2. The van der Waals surface area contributed by atoms with Crippen molar-refractivity contribution in [2.75, 3.05) is 17.8 Å². The Hall–Kier alpha value is -3.57. The van der Waals surface area contributed by atoms with E-state index >= 15 is 0 Å². The van der Waals surface area contributed by atoms with Gasteiger partial charge in [-0.15, -0.1) is 11.8 Å². The van der Waals surface area contributed by atoms with Crippen molar-refractivity contribution in [2.45, 2.75) is 54.3 Å². The molecule has 46 heavy (non-hydrogen) atoms. The number of sulfone groups is 1. The molecule has 1 amide bonds. The van der Waals surface area contributed by atoms with E-state index in [4.69, 9.17) is 13.9 Å². The van der Waals surface area contributed by atoms with E-state index in [9.17, 15) is 13.2 Å². The first-order chi connectivity index (χ1) is 21.7. The Morgan fingerprint density at radius 1 is 1.00 bits per heavy atom. The lowest BCUT2D eigenvalue weighted by atomic mass is 9.70. The van der Waals surface area contributed by atoms with E-state index in [2.05, 4.69) is 46.5 Å². The molecule has 3 unspecified atom stereocenters. The van der Waals surface area contributed by atoms with E-state index in [1.165, 1.54) is 7.11 Å². The Morgan fingerprint density at radius 3 is 2.24 bits per heavy atom. The Bertz CT molecular complexity index is 1870. The van der Waals surface area contributed by atoms with Crippen LogP contribution in [0.25, 0.3) is 4.91 Å². The van der Waals surface area contributed by atoms with E-state index in [0.29, 0.717) is 34.1 Å². The van der Waals surface area contributed by atoms with Gasteiger partial charge in [0.05, 0.1) is 22.6 Å². The summed E-state index contributed by atoms with van der Waals surface area (Å²) < 4.78 is 48.3. The van der Waals surface area contributed by atoms with E-state index in [1.54, 1.807) is 95.5 Å². The fourth-order valence-electron chi connectivity index (χ4n) is 6.07. The second-order valence-corrected chi connectivity index (χ2v) is 21.2. The molecule has 0 N–H and O–H groups in total. The van der Waals surface area contributed by atoms with Gasteiger partial charge >= 0.3 is 6.09 Å². The van der Waals surface area contributed by atoms with Crippen LogP contribution in [0.1, 0.15) is 26.3 Å². The van der Waals surface area contributed by atoms with Crippen LogP contribution in [-0.2, 0) is 14.3 Å². The van der Waals surface area contributed by atoms with Gasteiger partial charge in [0, 0.05) is 17.2 Å². The number of amides is 1. The Balaban J connectivity index is 1.70. The molecule has 3 aliphatic heterocycles. The van der Waals surface area contributed by atoms with Gasteiger partial charge in [0.1, 0.15) is 17.0 Å². The van der Waals surface area contributed by atoms with Crippen molar-refractivity contribution in [1.29, 1.82) is 0 Å². The van der Waals surface area contributed by atoms with Crippen LogP contribution in [0.5, 0.6) is 11.5 Å². The first kappa shape index (κ1) is 32.4. The summed E-state index contributed by atoms with van der Waals surface area (Å²) >= 11 is 1.58. The van der Waals surface area contributed by atoms with Crippen LogP contribution in [0.3, 0.4) is 0 Å². The average Bonchev–Trinajstić information content (AvgIpc) is 3.03. The number of methoxy groups -OCH3 is 1. The molecule has 1 saturated heterocycles. The van der Waals surface area contributed by atoms with Crippen molar-refractivity contribution in [2.24, 2.45) is 5.92 Å². The topological polar surface area (TPSA) is 82.1 Å². The Labute approximate surface area is 277 Å². The van der Waals surface area contributed by atoms with E-state index in [-0.39, 0.29) is 20.8 Å². The maximum Gasteiger partial charge on any atom is 0.420 e. The number of carbonyl (C=O) groups is 1. The number of benzene rings is 3. The number of fused-ring (bicyclic) bond motifs is 2. The van der Waals surface area contributed by atoms with Gasteiger partial charge in [0.15, 0.2) is 13.3 Å². The molecule has 3 heterocycles. The minimum absolute atomic E-state index is 0.0530. The summed E-state index contributed by atoms with van der Waals surface area (Å²) in [5.41, 5.74) is -0.112. The van der Waals surface area contributed by atoms with Gasteiger partial charge < -0.3 is 13.9 Å². The molecule has 2 bridgehead atoms. The van der Waals surface area contributed by atoms with Crippen LogP contribution in [0.4, 0.5) is 10.5 Å². The number of nitrogens with zero attached hydrogens (tertiary/aromatic N) is 1.